The molecule has 3 N–H and O–H groups in total. The van der Waals surface area contributed by atoms with Crippen LogP contribution in [0.1, 0.15) is 90.0 Å². The number of halogens is 4. The SMILES string of the molecule is C=C=C1C[C@]1(NC(=O)[C@@H]1C[C@@H](Oc2cc(-c3nc(C(C)C)cs3)nc3c(C)c(OC)ccc23)CN1C(=O)[C@@H](Nc1cc(F)cc(C(F)(F)F)c1)C(C)(C)C)C(=O)NS(=O)(=O)C1(C)CC1. The number of anilines is 1. The minimum absolute atomic E-state index is 0.0991. The van der Waals surface area contributed by atoms with Crippen LogP contribution < -0.4 is 24.8 Å². The standard InChI is InChI=1S/C45H50F4N6O7S2/c1-10-25-20-44(25,41(58)54-64(59,60)43(8)13-14-43)53-38(56)33-18-29(21-55(33)40(57)37(42(5,6)7)50-28-16-26(45(47,48)49)15-27(46)17-28)62-35-19-31(39-52-32(22-63-39)23(2)3)51-36-24(4)34(61-9)12-11-30(35)36/h11-12,15-17,19,22-23,29,33,37,50H,1,13-14,18,20-21H2,2-9H3,(H,53,56)(H,54,58)/t29-,33+,37-,44-/m1/s1. The number of benzene rings is 2. The molecule has 1 aliphatic heterocycles. The fourth-order valence-electron chi connectivity index (χ4n) is 7.75. The van der Waals surface area contributed by atoms with Crippen molar-refractivity contribution in [3.8, 4) is 22.2 Å². The Morgan fingerprint density at radius 1 is 1.06 bits per heavy atom. The lowest BCUT2D eigenvalue weighted by molar-refractivity contribution is -0.141. The third-order valence-corrected chi connectivity index (χ3v) is 15.1. The maximum Gasteiger partial charge on any atom is 0.416 e. The lowest BCUT2D eigenvalue weighted by Crippen LogP contribution is -2.58. The number of aromatic nitrogens is 2. The van der Waals surface area contributed by atoms with Gasteiger partial charge < -0.3 is 25.0 Å². The zero-order valence-corrected chi connectivity index (χ0v) is 38.3. The van der Waals surface area contributed by atoms with Crippen molar-refractivity contribution in [2.45, 2.75) is 115 Å². The quantitative estimate of drug-likeness (QED) is 0.0889. The number of rotatable bonds is 13. The molecule has 64 heavy (non-hydrogen) atoms. The molecule has 19 heteroatoms. The molecule has 0 radical (unpaired) electrons. The van der Waals surface area contributed by atoms with Gasteiger partial charge in [0.15, 0.2) is 5.54 Å². The number of fused-ring (bicyclic) bond motifs is 1. The Labute approximate surface area is 372 Å². The van der Waals surface area contributed by atoms with Crippen molar-refractivity contribution >= 4 is 55.7 Å². The van der Waals surface area contributed by atoms with Gasteiger partial charge in [-0.2, -0.15) is 13.2 Å². The molecule has 0 spiro atoms. The maximum absolute atomic E-state index is 14.9. The van der Waals surface area contributed by atoms with Gasteiger partial charge in [-0.3, -0.25) is 19.1 Å². The van der Waals surface area contributed by atoms with Gasteiger partial charge in [0.25, 0.3) is 5.91 Å². The Bertz CT molecular complexity index is 2720. The summed E-state index contributed by atoms with van der Waals surface area (Å²) in [5.41, 5.74) is 1.02. The smallest absolute Gasteiger partial charge is 0.416 e. The third-order valence-electron chi connectivity index (χ3n) is 12.1. The summed E-state index contributed by atoms with van der Waals surface area (Å²) in [7, 11) is -2.59. The number of nitrogens with zero attached hydrogens (tertiary/aromatic N) is 3. The van der Waals surface area contributed by atoms with Crippen LogP contribution >= 0.6 is 11.3 Å². The number of carbonyl (C=O) groups excluding carboxylic acids is 3. The summed E-state index contributed by atoms with van der Waals surface area (Å²) in [5.74, 6) is -2.69. The van der Waals surface area contributed by atoms with Gasteiger partial charge in [-0.25, -0.2) is 22.8 Å². The van der Waals surface area contributed by atoms with Crippen molar-refractivity contribution in [3.05, 3.63) is 82.3 Å². The molecule has 3 fully saturated rings. The molecule has 0 bridgehead atoms. The molecule has 2 aromatic heterocycles. The summed E-state index contributed by atoms with van der Waals surface area (Å²) in [4.78, 5) is 54.3. The number of alkyl halides is 3. The first-order valence-electron chi connectivity index (χ1n) is 20.6. The Hall–Kier alpha value is -5.52. The molecular weight excluding hydrogens is 877 g/mol. The van der Waals surface area contributed by atoms with Gasteiger partial charge in [-0.1, -0.05) is 41.2 Å². The summed E-state index contributed by atoms with van der Waals surface area (Å²) >= 11 is 1.41. The Kier molecular flexibility index (Phi) is 12.0. The van der Waals surface area contributed by atoms with Gasteiger partial charge in [-0.15, -0.1) is 17.1 Å². The van der Waals surface area contributed by atoms with Gasteiger partial charge in [0.05, 0.1) is 35.2 Å². The molecule has 3 aliphatic rings. The van der Waals surface area contributed by atoms with E-state index in [4.69, 9.17) is 19.4 Å². The van der Waals surface area contributed by atoms with E-state index >= 15 is 0 Å². The van der Waals surface area contributed by atoms with Crippen LogP contribution in [0.4, 0.5) is 23.2 Å². The van der Waals surface area contributed by atoms with Crippen molar-refractivity contribution in [2.24, 2.45) is 5.41 Å². The highest BCUT2D eigenvalue weighted by molar-refractivity contribution is 7.91. The molecule has 3 heterocycles. The number of carbonyl (C=O) groups is 3. The van der Waals surface area contributed by atoms with Gasteiger partial charge in [0.1, 0.15) is 46.2 Å². The van der Waals surface area contributed by atoms with Gasteiger partial charge in [0, 0.05) is 46.5 Å². The molecule has 2 aliphatic carbocycles. The van der Waals surface area contributed by atoms with E-state index in [9.17, 15) is 40.4 Å². The van der Waals surface area contributed by atoms with E-state index in [2.05, 4.69) is 27.7 Å². The summed E-state index contributed by atoms with van der Waals surface area (Å²) in [5, 5.41) is 8.67. The van der Waals surface area contributed by atoms with Crippen LogP contribution in [0.3, 0.4) is 0 Å². The average molecular weight is 927 g/mol. The van der Waals surface area contributed by atoms with E-state index in [1.165, 1.54) is 23.2 Å². The Balaban J connectivity index is 1.27. The number of sulfonamides is 1. The second-order valence-electron chi connectivity index (χ2n) is 18.3. The van der Waals surface area contributed by atoms with E-state index < -0.39 is 79.2 Å². The molecule has 2 aromatic carbocycles. The molecule has 1 saturated heterocycles. The zero-order valence-electron chi connectivity index (χ0n) is 36.6. The van der Waals surface area contributed by atoms with Crippen LogP contribution in [-0.4, -0.2) is 83.1 Å². The fourth-order valence-corrected chi connectivity index (χ4v) is 9.99. The number of thiazole rings is 1. The summed E-state index contributed by atoms with van der Waals surface area (Å²) in [6, 6.07) is 4.45. The largest absolute Gasteiger partial charge is 0.496 e. The zero-order chi connectivity index (χ0) is 46.9. The number of methoxy groups -OCH3 is 1. The number of likely N-dealkylation sites (tertiary alicyclic amines) is 1. The van der Waals surface area contributed by atoms with Crippen LogP contribution in [0.5, 0.6) is 11.5 Å². The molecule has 342 valence electrons. The summed E-state index contributed by atoms with van der Waals surface area (Å²) in [6.07, 6.45) is -5.34. The molecule has 4 aromatic rings. The van der Waals surface area contributed by atoms with Crippen molar-refractivity contribution in [3.63, 3.8) is 0 Å². The number of amides is 3. The van der Waals surface area contributed by atoms with Crippen molar-refractivity contribution in [1.29, 1.82) is 0 Å². The number of hydrogen-bond acceptors (Lipinski definition) is 11. The number of pyridine rings is 1. The molecule has 2 saturated carbocycles. The maximum atomic E-state index is 14.9. The van der Waals surface area contributed by atoms with Crippen LogP contribution in [0.25, 0.3) is 21.6 Å². The van der Waals surface area contributed by atoms with Gasteiger partial charge in [-0.05, 0) is 68.4 Å². The Morgan fingerprint density at radius 2 is 1.77 bits per heavy atom. The molecule has 13 nitrogen and oxygen atoms in total. The number of hydrogen-bond donors (Lipinski definition) is 3. The van der Waals surface area contributed by atoms with E-state index in [-0.39, 0.29) is 36.6 Å². The lowest BCUT2D eigenvalue weighted by Gasteiger charge is -2.36. The first-order chi connectivity index (χ1) is 29.8. The predicted octanol–water partition coefficient (Wildman–Crippen LogP) is 7.80. The van der Waals surface area contributed by atoms with Crippen LogP contribution in [-0.2, 0) is 30.6 Å². The minimum atomic E-state index is -4.89. The normalized spacial score (nSPS) is 21.0. The monoisotopic (exact) mass is 926 g/mol. The van der Waals surface area contributed by atoms with Gasteiger partial charge in [0.2, 0.25) is 21.8 Å². The second kappa shape index (κ2) is 16.5. The highest BCUT2D eigenvalue weighted by Crippen LogP contribution is 2.46. The lowest BCUT2D eigenvalue weighted by atomic mass is 9.85. The molecule has 7 rings (SSSR count). The fraction of sp³-hybridized carbons (Fsp3) is 0.467. The van der Waals surface area contributed by atoms with Crippen LogP contribution in [0.15, 0.2) is 59.7 Å². The number of aryl methyl sites for hydroxylation is 1. The van der Waals surface area contributed by atoms with Crippen molar-refractivity contribution in [1.82, 2.24) is 24.9 Å². The van der Waals surface area contributed by atoms with Crippen LogP contribution in [0.2, 0.25) is 0 Å². The Morgan fingerprint density at radius 3 is 2.34 bits per heavy atom. The van der Waals surface area contributed by atoms with Gasteiger partial charge >= 0.3 is 6.18 Å². The predicted molar refractivity (Wildman–Crippen MR) is 234 cm³/mol. The highest BCUT2D eigenvalue weighted by Gasteiger charge is 2.61. The summed E-state index contributed by atoms with van der Waals surface area (Å²) in [6.45, 7) is 15.8. The first kappa shape index (κ1) is 46.5. The van der Waals surface area contributed by atoms with Crippen molar-refractivity contribution < 1.29 is 49.8 Å². The number of nitrogens with one attached hydrogen (secondary N) is 3. The van der Waals surface area contributed by atoms with Crippen molar-refractivity contribution in [2.75, 3.05) is 19.0 Å². The molecule has 3 amide bonds. The third kappa shape index (κ3) is 8.94. The molecular formula is C45H50F4N6O7S2. The molecule has 0 unspecified atom stereocenters. The highest BCUT2D eigenvalue weighted by atomic mass is 32.2. The molecule has 4 atom stereocenters. The average Bonchev–Trinajstić information content (AvgIpc) is 3.99. The van der Waals surface area contributed by atoms with E-state index in [1.54, 1.807) is 46.1 Å². The van der Waals surface area contributed by atoms with Crippen LogP contribution in [0, 0.1) is 18.2 Å². The van der Waals surface area contributed by atoms with E-state index in [1.807, 2.05) is 26.2 Å². The summed E-state index contributed by atoms with van der Waals surface area (Å²) < 4.78 is 95.6. The van der Waals surface area contributed by atoms with E-state index in [0.29, 0.717) is 58.1 Å². The topological polar surface area (TPSA) is 169 Å². The van der Waals surface area contributed by atoms with E-state index in [0.717, 1.165) is 17.3 Å². The number of ether oxygens (including phenoxy) is 2. The minimum Gasteiger partial charge on any atom is -0.496 e. The first-order valence-corrected chi connectivity index (χ1v) is 23.0. The second-order valence-corrected chi connectivity index (χ2v) is 21.3.